The summed E-state index contributed by atoms with van der Waals surface area (Å²) in [4.78, 5) is 13.0. The van der Waals surface area contributed by atoms with E-state index in [0.717, 1.165) is 12.8 Å². The number of aryl methyl sites for hydroxylation is 1. The van der Waals surface area contributed by atoms with E-state index < -0.39 is 6.04 Å². The quantitative estimate of drug-likeness (QED) is 0.706. The predicted octanol–water partition coefficient (Wildman–Crippen LogP) is 1.68. The fourth-order valence-electron chi connectivity index (χ4n) is 1.71. The van der Waals surface area contributed by atoms with Crippen molar-refractivity contribution >= 4 is 17.2 Å². The SMILES string of the molecule is CCc1ccsc1CNC(=O)C(N)CCCOC. The number of carbonyl (C=O) groups excluding carboxylic acids is 1. The van der Waals surface area contributed by atoms with Crippen molar-refractivity contribution in [1.29, 1.82) is 0 Å². The molecule has 1 aromatic rings. The Morgan fingerprint density at radius 3 is 3.06 bits per heavy atom. The molecule has 0 spiro atoms. The second-order valence-electron chi connectivity index (χ2n) is 4.18. The van der Waals surface area contributed by atoms with Crippen molar-refractivity contribution in [3.05, 3.63) is 21.9 Å². The van der Waals surface area contributed by atoms with Gasteiger partial charge in [-0.15, -0.1) is 11.3 Å². The lowest BCUT2D eigenvalue weighted by Crippen LogP contribution is -2.40. The van der Waals surface area contributed by atoms with Crippen LogP contribution in [0.1, 0.15) is 30.2 Å². The molecular formula is C13H22N2O2S. The molecule has 1 unspecified atom stereocenters. The van der Waals surface area contributed by atoms with Gasteiger partial charge in [-0.3, -0.25) is 4.79 Å². The largest absolute Gasteiger partial charge is 0.385 e. The van der Waals surface area contributed by atoms with E-state index in [9.17, 15) is 4.79 Å². The van der Waals surface area contributed by atoms with E-state index >= 15 is 0 Å². The Morgan fingerprint density at radius 1 is 1.61 bits per heavy atom. The van der Waals surface area contributed by atoms with Crippen molar-refractivity contribution in [1.82, 2.24) is 5.32 Å². The second kappa shape index (κ2) is 8.24. The van der Waals surface area contributed by atoms with Crippen LogP contribution in [0.15, 0.2) is 11.4 Å². The first-order valence-corrected chi connectivity index (χ1v) is 7.14. The number of thiophene rings is 1. The fourth-order valence-corrected chi connectivity index (χ4v) is 2.63. The minimum atomic E-state index is -0.440. The van der Waals surface area contributed by atoms with Gasteiger partial charge in [0.2, 0.25) is 5.91 Å². The summed E-state index contributed by atoms with van der Waals surface area (Å²) in [6, 6.07) is 1.66. The first-order chi connectivity index (χ1) is 8.69. The van der Waals surface area contributed by atoms with E-state index in [1.807, 2.05) is 0 Å². The number of rotatable bonds is 8. The molecule has 1 heterocycles. The maximum Gasteiger partial charge on any atom is 0.237 e. The van der Waals surface area contributed by atoms with Gasteiger partial charge in [0.1, 0.15) is 0 Å². The topological polar surface area (TPSA) is 64.4 Å². The molecule has 0 saturated heterocycles. The number of amides is 1. The normalized spacial score (nSPS) is 12.4. The molecule has 0 radical (unpaired) electrons. The minimum Gasteiger partial charge on any atom is -0.385 e. The molecule has 5 heteroatoms. The van der Waals surface area contributed by atoms with Crippen LogP contribution in [0.2, 0.25) is 0 Å². The average molecular weight is 270 g/mol. The van der Waals surface area contributed by atoms with Crippen molar-refractivity contribution in [2.45, 2.75) is 38.8 Å². The molecule has 18 heavy (non-hydrogen) atoms. The number of hydrogen-bond donors (Lipinski definition) is 2. The summed E-state index contributed by atoms with van der Waals surface area (Å²) in [6.07, 6.45) is 2.46. The molecule has 1 rings (SSSR count). The predicted molar refractivity (Wildman–Crippen MR) is 74.6 cm³/mol. The zero-order valence-electron chi connectivity index (χ0n) is 11.1. The van der Waals surface area contributed by atoms with Gasteiger partial charge in [0.15, 0.2) is 0 Å². The highest BCUT2D eigenvalue weighted by molar-refractivity contribution is 7.10. The monoisotopic (exact) mass is 270 g/mol. The Kier molecular flexibility index (Phi) is 6.93. The summed E-state index contributed by atoms with van der Waals surface area (Å²) in [5.74, 6) is -0.0819. The summed E-state index contributed by atoms with van der Waals surface area (Å²) in [7, 11) is 1.65. The van der Waals surface area contributed by atoms with E-state index in [1.54, 1.807) is 18.4 Å². The molecule has 0 aliphatic rings. The lowest BCUT2D eigenvalue weighted by atomic mass is 10.1. The van der Waals surface area contributed by atoms with E-state index in [2.05, 4.69) is 23.7 Å². The Morgan fingerprint density at radius 2 is 2.39 bits per heavy atom. The van der Waals surface area contributed by atoms with Crippen LogP contribution in [0.5, 0.6) is 0 Å². The third kappa shape index (κ3) is 4.76. The molecule has 0 saturated carbocycles. The highest BCUT2D eigenvalue weighted by Gasteiger charge is 2.13. The first kappa shape index (κ1) is 15.1. The number of carbonyl (C=O) groups is 1. The van der Waals surface area contributed by atoms with Crippen LogP contribution in [0.3, 0.4) is 0 Å². The number of methoxy groups -OCH3 is 1. The maximum absolute atomic E-state index is 11.8. The molecule has 0 aliphatic heterocycles. The van der Waals surface area contributed by atoms with Crippen molar-refractivity contribution in [2.75, 3.05) is 13.7 Å². The molecule has 1 aromatic heterocycles. The van der Waals surface area contributed by atoms with Crippen LogP contribution < -0.4 is 11.1 Å². The summed E-state index contributed by atoms with van der Waals surface area (Å²) < 4.78 is 4.94. The highest BCUT2D eigenvalue weighted by atomic mass is 32.1. The molecule has 0 fully saturated rings. The highest BCUT2D eigenvalue weighted by Crippen LogP contribution is 2.16. The molecule has 1 atom stereocenters. The summed E-state index contributed by atoms with van der Waals surface area (Å²) in [5, 5.41) is 4.95. The third-order valence-electron chi connectivity index (χ3n) is 2.84. The van der Waals surface area contributed by atoms with Crippen molar-refractivity contribution < 1.29 is 9.53 Å². The smallest absolute Gasteiger partial charge is 0.237 e. The van der Waals surface area contributed by atoms with Crippen LogP contribution in [0.25, 0.3) is 0 Å². The lowest BCUT2D eigenvalue weighted by Gasteiger charge is -2.12. The summed E-state index contributed by atoms with van der Waals surface area (Å²) in [5.41, 5.74) is 7.10. The van der Waals surface area contributed by atoms with Crippen LogP contribution in [0.4, 0.5) is 0 Å². The zero-order chi connectivity index (χ0) is 13.4. The van der Waals surface area contributed by atoms with Crippen LogP contribution in [-0.2, 0) is 22.5 Å². The van der Waals surface area contributed by atoms with E-state index in [4.69, 9.17) is 10.5 Å². The van der Waals surface area contributed by atoms with Crippen molar-refractivity contribution in [2.24, 2.45) is 5.73 Å². The van der Waals surface area contributed by atoms with Gasteiger partial charge in [-0.05, 0) is 36.3 Å². The Hall–Kier alpha value is -0.910. The Balaban J connectivity index is 2.32. The molecule has 3 N–H and O–H groups in total. The van der Waals surface area contributed by atoms with E-state index in [-0.39, 0.29) is 5.91 Å². The van der Waals surface area contributed by atoms with Crippen LogP contribution in [-0.4, -0.2) is 25.7 Å². The van der Waals surface area contributed by atoms with Crippen molar-refractivity contribution in [3.8, 4) is 0 Å². The molecule has 1 amide bonds. The molecular weight excluding hydrogens is 248 g/mol. The van der Waals surface area contributed by atoms with Gasteiger partial charge in [0.05, 0.1) is 12.6 Å². The first-order valence-electron chi connectivity index (χ1n) is 6.26. The molecule has 4 nitrogen and oxygen atoms in total. The molecule has 0 aromatic carbocycles. The van der Waals surface area contributed by atoms with Gasteiger partial charge in [0, 0.05) is 18.6 Å². The Bertz CT molecular complexity index is 366. The summed E-state index contributed by atoms with van der Waals surface area (Å²) >= 11 is 1.67. The standard InChI is InChI=1S/C13H22N2O2S/c1-3-10-6-8-18-12(10)9-15-13(16)11(14)5-4-7-17-2/h6,8,11H,3-5,7,9,14H2,1-2H3,(H,15,16). The lowest BCUT2D eigenvalue weighted by molar-refractivity contribution is -0.122. The zero-order valence-corrected chi connectivity index (χ0v) is 11.9. The van der Waals surface area contributed by atoms with Gasteiger partial charge in [-0.1, -0.05) is 6.92 Å². The van der Waals surface area contributed by atoms with Gasteiger partial charge >= 0.3 is 0 Å². The number of nitrogens with two attached hydrogens (primary N) is 1. The van der Waals surface area contributed by atoms with Crippen LogP contribution in [0, 0.1) is 0 Å². The number of nitrogens with one attached hydrogen (secondary N) is 1. The number of ether oxygens (including phenoxy) is 1. The molecule has 0 aliphatic carbocycles. The van der Waals surface area contributed by atoms with Gasteiger partial charge in [-0.2, -0.15) is 0 Å². The average Bonchev–Trinajstić information content (AvgIpc) is 2.83. The van der Waals surface area contributed by atoms with Crippen molar-refractivity contribution in [3.63, 3.8) is 0 Å². The second-order valence-corrected chi connectivity index (χ2v) is 5.18. The molecule has 102 valence electrons. The Labute approximate surface area is 113 Å². The van der Waals surface area contributed by atoms with Gasteiger partial charge in [-0.25, -0.2) is 0 Å². The van der Waals surface area contributed by atoms with E-state index in [0.29, 0.717) is 19.6 Å². The third-order valence-corrected chi connectivity index (χ3v) is 3.81. The molecule has 0 bridgehead atoms. The van der Waals surface area contributed by atoms with Gasteiger partial charge < -0.3 is 15.8 Å². The fraction of sp³-hybridized carbons (Fsp3) is 0.615. The minimum absolute atomic E-state index is 0.0819. The maximum atomic E-state index is 11.8. The van der Waals surface area contributed by atoms with Crippen LogP contribution >= 0.6 is 11.3 Å². The summed E-state index contributed by atoms with van der Waals surface area (Å²) in [6.45, 7) is 3.34. The van der Waals surface area contributed by atoms with E-state index in [1.165, 1.54) is 10.4 Å². The van der Waals surface area contributed by atoms with Gasteiger partial charge in [0.25, 0.3) is 0 Å². The number of hydrogen-bond acceptors (Lipinski definition) is 4.